The number of piperidine rings is 1. The van der Waals surface area contributed by atoms with Gasteiger partial charge < -0.3 is 15.5 Å². The molecule has 0 radical (unpaired) electrons. The molecular weight excluding hydrogens is 352 g/mol. The number of anilines is 1. The largest absolute Gasteiger partial charge is 0.382 e. The van der Waals surface area contributed by atoms with Crippen molar-refractivity contribution >= 4 is 17.5 Å². The summed E-state index contributed by atoms with van der Waals surface area (Å²) in [5.74, 6) is 0.0548. The summed E-state index contributed by atoms with van der Waals surface area (Å²) in [6.45, 7) is 9.60. The number of benzene rings is 1. The van der Waals surface area contributed by atoms with Gasteiger partial charge in [-0.1, -0.05) is 32.9 Å². The van der Waals surface area contributed by atoms with Crippen LogP contribution in [0.25, 0.3) is 0 Å². The van der Waals surface area contributed by atoms with Gasteiger partial charge in [-0.25, -0.2) is 0 Å². The van der Waals surface area contributed by atoms with Gasteiger partial charge in [-0.3, -0.25) is 14.5 Å². The molecule has 28 heavy (non-hydrogen) atoms. The first-order valence-corrected chi connectivity index (χ1v) is 10.4. The third kappa shape index (κ3) is 5.04. The molecule has 2 N–H and O–H groups in total. The molecule has 6 nitrogen and oxygen atoms in total. The highest BCUT2D eigenvalue weighted by atomic mass is 16.2. The van der Waals surface area contributed by atoms with E-state index in [9.17, 15) is 9.59 Å². The van der Waals surface area contributed by atoms with E-state index in [-0.39, 0.29) is 29.7 Å². The third-order valence-electron chi connectivity index (χ3n) is 5.94. The summed E-state index contributed by atoms with van der Waals surface area (Å²) in [6, 6.07) is 8.72. The van der Waals surface area contributed by atoms with Gasteiger partial charge in [-0.15, -0.1) is 0 Å². The highest BCUT2D eigenvalue weighted by molar-refractivity contribution is 5.88. The normalized spacial score (nSPS) is 22.1. The van der Waals surface area contributed by atoms with Crippen LogP contribution in [-0.4, -0.2) is 66.9 Å². The number of carbonyl (C=O) groups is 2. The van der Waals surface area contributed by atoms with E-state index in [2.05, 4.69) is 55.7 Å². The Kier molecular flexibility index (Phi) is 6.28. The summed E-state index contributed by atoms with van der Waals surface area (Å²) in [7, 11) is 1.91. The lowest BCUT2D eigenvalue weighted by molar-refractivity contribution is -0.138. The molecule has 0 aliphatic carbocycles. The maximum absolute atomic E-state index is 12.7. The number of hydrogen-bond donors (Lipinski definition) is 2. The second-order valence-electron chi connectivity index (χ2n) is 9.12. The fourth-order valence-electron chi connectivity index (χ4n) is 3.95. The molecule has 0 saturated carbocycles. The summed E-state index contributed by atoms with van der Waals surface area (Å²) < 4.78 is 0. The Hall–Kier alpha value is -2.08. The highest BCUT2D eigenvalue weighted by Crippen LogP contribution is 2.25. The first-order valence-electron chi connectivity index (χ1n) is 10.4. The van der Waals surface area contributed by atoms with Crippen LogP contribution in [0.4, 0.5) is 5.69 Å². The van der Waals surface area contributed by atoms with Crippen molar-refractivity contribution in [3.8, 4) is 0 Å². The van der Waals surface area contributed by atoms with Crippen LogP contribution in [0.5, 0.6) is 0 Å². The smallest absolute Gasteiger partial charge is 0.237 e. The fourth-order valence-corrected chi connectivity index (χ4v) is 3.95. The van der Waals surface area contributed by atoms with Crippen molar-refractivity contribution in [2.45, 2.75) is 57.5 Å². The topological polar surface area (TPSA) is 64.7 Å². The van der Waals surface area contributed by atoms with Gasteiger partial charge in [-0.05, 0) is 43.0 Å². The number of likely N-dealkylation sites (tertiary alicyclic amines) is 1. The van der Waals surface area contributed by atoms with Gasteiger partial charge in [0.25, 0.3) is 0 Å². The average molecular weight is 387 g/mol. The molecule has 2 saturated heterocycles. The van der Waals surface area contributed by atoms with Crippen LogP contribution in [0, 0.1) is 0 Å². The van der Waals surface area contributed by atoms with Crippen LogP contribution in [0.1, 0.15) is 45.6 Å². The van der Waals surface area contributed by atoms with E-state index in [0.717, 1.165) is 38.2 Å². The highest BCUT2D eigenvalue weighted by Gasteiger charge is 2.32. The fraction of sp³-hybridized carbons (Fsp3) is 0.636. The first-order chi connectivity index (χ1) is 13.2. The Morgan fingerprint density at radius 2 is 1.79 bits per heavy atom. The summed E-state index contributed by atoms with van der Waals surface area (Å²) in [5, 5.41) is 6.46. The summed E-state index contributed by atoms with van der Waals surface area (Å²) >= 11 is 0. The van der Waals surface area contributed by atoms with Gasteiger partial charge >= 0.3 is 0 Å². The van der Waals surface area contributed by atoms with Crippen molar-refractivity contribution in [2.24, 2.45) is 0 Å². The average Bonchev–Trinajstić information content (AvgIpc) is 2.65. The lowest BCUT2D eigenvalue weighted by Crippen LogP contribution is -2.55. The molecule has 2 aliphatic heterocycles. The molecule has 0 bridgehead atoms. The van der Waals surface area contributed by atoms with Gasteiger partial charge in [-0.2, -0.15) is 0 Å². The number of hydrogen-bond acceptors (Lipinski definition) is 4. The number of nitrogens with one attached hydrogen (secondary N) is 2. The molecule has 2 fully saturated rings. The van der Waals surface area contributed by atoms with Gasteiger partial charge in [0, 0.05) is 37.9 Å². The van der Waals surface area contributed by atoms with E-state index < -0.39 is 0 Å². The van der Waals surface area contributed by atoms with E-state index in [1.807, 2.05) is 16.8 Å². The maximum atomic E-state index is 12.7. The zero-order chi connectivity index (χ0) is 20.3. The van der Waals surface area contributed by atoms with Crippen molar-refractivity contribution in [2.75, 3.05) is 38.5 Å². The van der Waals surface area contributed by atoms with Gasteiger partial charge in [0.2, 0.25) is 11.8 Å². The van der Waals surface area contributed by atoms with Crippen LogP contribution in [-0.2, 0) is 15.0 Å². The molecule has 0 spiro atoms. The first kappa shape index (κ1) is 20.6. The lowest BCUT2D eigenvalue weighted by Gasteiger charge is -2.36. The third-order valence-corrected chi connectivity index (χ3v) is 5.94. The number of nitrogens with zero attached hydrogens (tertiary/aromatic N) is 2. The molecular formula is C22H34N4O2. The Morgan fingerprint density at radius 3 is 2.36 bits per heavy atom. The predicted molar refractivity (Wildman–Crippen MR) is 112 cm³/mol. The minimum atomic E-state index is -0.335. The van der Waals surface area contributed by atoms with E-state index >= 15 is 0 Å². The lowest BCUT2D eigenvalue weighted by atomic mass is 9.87. The molecule has 1 aromatic carbocycles. The SMILES string of the molecule is CN1CCNC(=O)C1CC(=O)N1CCC(Nc2ccc(C(C)(C)C)cc2)CC1. The van der Waals surface area contributed by atoms with Crippen molar-refractivity contribution < 1.29 is 9.59 Å². The van der Waals surface area contributed by atoms with Crippen molar-refractivity contribution in [3.05, 3.63) is 29.8 Å². The molecule has 6 heteroatoms. The van der Waals surface area contributed by atoms with E-state index in [4.69, 9.17) is 0 Å². The Labute approximate surface area is 168 Å². The minimum absolute atomic E-state index is 0.0302. The second kappa shape index (κ2) is 8.52. The van der Waals surface area contributed by atoms with Gasteiger partial charge in [0.1, 0.15) is 0 Å². The molecule has 2 amide bonds. The Bertz CT molecular complexity index is 687. The molecule has 1 unspecified atom stereocenters. The minimum Gasteiger partial charge on any atom is -0.382 e. The predicted octanol–water partition coefficient (Wildman–Crippen LogP) is 2.21. The van der Waals surface area contributed by atoms with Gasteiger partial charge in [0.05, 0.1) is 12.5 Å². The van der Waals surface area contributed by atoms with Crippen molar-refractivity contribution in [1.82, 2.24) is 15.1 Å². The molecule has 2 aliphatic rings. The summed E-state index contributed by atoms with van der Waals surface area (Å²) in [4.78, 5) is 28.6. The van der Waals surface area contributed by atoms with Crippen molar-refractivity contribution in [3.63, 3.8) is 0 Å². The molecule has 1 atom stereocenters. The number of carbonyl (C=O) groups excluding carboxylic acids is 2. The molecule has 1 aromatic rings. The summed E-state index contributed by atoms with van der Waals surface area (Å²) in [6.07, 6.45) is 2.13. The van der Waals surface area contributed by atoms with Crippen LogP contribution in [0.15, 0.2) is 24.3 Å². The van der Waals surface area contributed by atoms with Crippen molar-refractivity contribution in [1.29, 1.82) is 0 Å². The number of piperazine rings is 1. The number of rotatable bonds is 4. The monoisotopic (exact) mass is 386 g/mol. The van der Waals surface area contributed by atoms with E-state index in [1.54, 1.807) is 0 Å². The zero-order valence-corrected chi connectivity index (χ0v) is 17.6. The number of amides is 2. The van der Waals surface area contributed by atoms with E-state index in [1.165, 1.54) is 5.56 Å². The molecule has 3 rings (SSSR count). The Balaban J connectivity index is 1.47. The molecule has 2 heterocycles. The molecule has 0 aromatic heterocycles. The number of likely N-dealkylation sites (N-methyl/N-ethyl adjacent to an activating group) is 1. The van der Waals surface area contributed by atoms with Crippen LogP contribution >= 0.6 is 0 Å². The van der Waals surface area contributed by atoms with Crippen LogP contribution < -0.4 is 10.6 Å². The maximum Gasteiger partial charge on any atom is 0.237 e. The molecule has 154 valence electrons. The van der Waals surface area contributed by atoms with E-state index in [0.29, 0.717) is 12.6 Å². The quantitative estimate of drug-likeness (QED) is 0.833. The van der Waals surface area contributed by atoms with Gasteiger partial charge in [0.15, 0.2) is 0 Å². The summed E-state index contributed by atoms with van der Waals surface area (Å²) in [5.41, 5.74) is 2.63. The van der Waals surface area contributed by atoms with Crippen LogP contribution in [0.3, 0.4) is 0 Å². The Morgan fingerprint density at radius 1 is 1.14 bits per heavy atom. The zero-order valence-electron chi connectivity index (χ0n) is 17.6. The standard InChI is InChI=1S/C22H34N4O2/c1-22(2,3)16-5-7-17(8-6-16)24-18-9-12-26(13-10-18)20(27)15-19-21(28)23-11-14-25(19)4/h5-8,18-19,24H,9-15H2,1-4H3,(H,23,28). The second-order valence-corrected chi connectivity index (χ2v) is 9.12. The van der Waals surface area contributed by atoms with Crippen LogP contribution in [0.2, 0.25) is 0 Å².